The number of hydrogen-bond acceptors (Lipinski definition) is 5. The first-order chi connectivity index (χ1) is 19.9. The van der Waals surface area contributed by atoms with Gasteiger partial charge in [0.25, 0.3) is 11.8 Å². The zero-order valence-corrected chi connectivity index (χ0v) is 24.0. The van der Waals surface area contributed by atoms with Crippen LogP contribution in [0.15, 0.2) is 66.7 Å². The van der Waals surface area contributed by atoms with Gasteiger partial charge in [-0.25, -0.2) is 4.79 Å². The molecule has 0 unspecified atom stereocenters. The van der Waals surface area contributed by atoms with E-state index < -0.39 is 0 Å². The summed E-state index contributed by atoms with van der Waals surface area (Å²) < 4.78 is 5.18. The Morgan fingerprint density at radius 3 is 2.05 bits per heavy atom. The number of carbonyl (C=O) groups excluding carboxylic acids is 3. The number of amides is 3. The lowest BCUT2D eigenvalue weighted by Crippen LogP contribution is -2.49. The Morgan fingerprint density at radius 2 is 1.46 bits per heavy atom. The van der Waals surface area contributed by atoms with Gasteiger partial charge in [0, 0.05) is 47.2 Å². The zero-order valence-electron chi connectivity index (χ0n) is 24.0. The van der Waals surface area contributed by atoms with Gasteiger partial charge in [-0.2, -0.15) is 0 Å². The van der Waals surface area contributed by atoms with E-state index in [9.17, 15) is 14.4 Å². The Hall–Kier alpha value is -4.33. The Labute approximate surface area is 241 Å². The number of fused-ring (bicyclic) bond motifs is 1. The molecule has 2 heterocycles. The maximum Gasteiger partial charge on any atom is 0.409 e. The van der Waals surface area contributed by atoms with Crippen LogP contribution in [-0.2, 0) is 17.6 Å². The molecule has 5 rings (SSSR count). The lowest BCUT2D eigenvalue weighted by atomic mass is 10.0. The fraction of sp³-hybridized carbons (Fsp3) is 0.364. The van der Waals surface area contributed by atoms with Crippen molar-refractivity contribution in [2.75, 3.05) is 30.3 Å². The van der Waals surface area contributed by atoms with Crippen LogP contribution in [0, 0.1) is 0 Å². The van der Waals surface area contributed by atoms with Gasteiger partial charge in [0.15, 0.2) is 0 Å². The van der Waals surface area contributed by atoms with Crippen LogP contribution in [-0.4, -0.2) is 53.4 Å². The van der Waals surface area contributed by atoms with E-state index in [4.69, 9.17) is 4.74 Å². The van der Waals surface area contributed by atoms with Crippen LogP contribution in [0.3, 0.4) is 0 Å². The standard InChI is InChI=1S/C33H38N4O4/c1-4-22-7-12-25(13-8-22)34-30-28-16-11-24(31(38)35-26-14-9-23(5-2)10-15-26)21-29(28)32(39)37(30)27-17-19-36(20-18-27)33(40)41-6-3/h7-16,21,27,30,34H,4-6,17-20H2,1-3H3,(H,35,38)/t30-/m1/s1. The molecule has 1 saturated heterocycles. The van der Waals surface area contributed by atoms with Crippen LogP contribution in [0.1, 0.15) is 77.2 Å². The molecule has 41 heavy (non-hydrogen) atoms. The molecule has 0 aromatic heterocycles. The molecule has 0 spiro atoms. The average molecular weight is 555 g/mol. The molecule has 1 fully saturated rings. The maximum atomic E-state index is 14.0. The van der Waals surface area contributed by atoms with Crippen LogP contribution in [0.4, 0.5) is 16.2 Å². The predicted octanol–water partition coefficient (Wildman–Crippen LogP) is 6.25. The van der Waals surface area contributed by atoms with Crippen LogP contribution in [0.5, 0.6) is 0 Å². The van der Waals surface area contributed by atoms with Crippen molar-refractivity contribution in [1.82, 2.24) is 9.80 Å². The first-order valence-electron chi connectivity index (χ1n) is 14.6. The van der Waals surface area contributed by atoms with E-state index in [1.54, 1.807) is 24.0 Å². The monoisotopic (exact) mass is 554 g/mol. The van der Waals surface area contributed by atoms with Crippen LogP contribution in [0.2, 0.25) is 0 Å². The van der Waals surface area contributed by atoms with Gasteiger partial charge in [0.2, 0.25) is 0 Å². The van der Waals surface area contributed by atoms with E-state index in [1.165, 1.54) is 11.1 Å². The number of carbonyl (C=O) groups is 3. The molecule has 2 aliphatic heterocycles. The van der Waals surface area contributed by atoms with Crippen molar-refractivity contribution in [2.45, 2.75) is 58.7 Å². The Morgan fingerprint density at radius 1 is 0.854 bits per heavy atom. The van der Waals surface area contributed by atoms with Gasteiger partial charge >= 0.3 is 6.09 Å². The third kappa shape index (κ3) is 6.06. The van der Waals surface area contributed by atoms with Gasteiger partial charge < -0.3 is 25.2 Å². The summed E-state index contributed by atoms with van der Waals surface area (Å²) in [5, 5.41) is 6.53. The molecule has 8 heteroatoms. The summed E-state index contributed by atoms with van der Waals surface area (Å²) in [6.07, 6.45) is 2.47. The average Bonchev–Trinajstić information content (AvgIpc) is 3.28. The molecule has 0 aliphatic carbocycles. The van der Waals surface area contributed by atoms with E-state index in [0.29, 0.717) is 49.4 Å². The Bertz CT molecular complexity index is 1400. The molecule has 1 atom stereocenters. The number of benzene rings is 3. The lowest BCUT2D eigenvalue weighted by Gasteiger charge is -2.39. The summed E-state index contributed by atoms with van der Waals surface area (Å²) in [4.78, 5) is 43.0. The summed E-state index contributed by atoms with van der Waals surface area (Å²) in [6, 6.07) is 21.3. The normalized spacial score (nSPS) is 16.9. The van der Waals surface area contributed by atoms with Gasteiger partial charge in [-0.15, -0.1) is 0 Å². The molecular weight excluding hydrogens is 516 g/mol. The molecule has 3 amide bonds. The lowest BCUT2D eigenvalue weighted by molar-refractivity contribution is 0.0496. The minimum absolute atomic E-state index is 0.0673. The van der Waals surface area contributed by atoms with Gasteiger partial charge in [-0.1, -0.05) is 44.2 Å². The summed E-state index contributed by atoms with van der Waals surface area (Å²) in [5.74, 6) is -0.370. The van der Waals surface area contributed by atoms with Crippen molar-refractivity contribution >= 4 is 29.3 Å². The smallest absolute Gasteiger partial charge is 0.409 e. The molecule has 214 valence electrons. The topological polar surface area (TPSA) is 91.0 Å². The Kier molecular flexibility index (Phi) is 8.57. The second-order valence-corrected chi connectivity index (χ2v) is 10.5. The van der Waals surface area contributed by atoms with Crippen molar-refractivity contribution in [1.29, 1.82) is 0 Å². The fourth-order valence-electron chi connectivity index (χ4n) is 5.61. The van der Waals surface area contributed by atoms with E-state index in [0.717, 1.165) is 24.1 Å². The first-order valence-corrected chi connectivity index (χ1v) is 14.6. The zero-order chi connectivity index (χ0) is 28.9. The van der Waals surface area contributed by atoms with Gasteiger partial charge in [-0.3, -0.25) is 9.59 Å². The fourth-order valence-corrected chi connectivity index (χ4v) is 5.61. The van der Waals surface area contributed by atoms with Crippen LogP contribution < -0.4 is 10.6 Å². The first kappa shape index (κ1) is 28.2. The number of rotatable bonds is 8. The summed E-state index contributed by atoms with van der Waals surface area (Å²) in [5.41, 5.74) is 5.86. The van der Waals surface area contributed by atoms with Crippen molar-refractivity contribution in [3.8, 4) is 0 Å². The number of anilines is 2. The molecule has 3 aromatic carbocycles. The minimum Gasteiger partial charge on any atom is -0.450 e. The van der Waals surface area contributed by atoms with Gasteiger partial charge in [-0.05, 0) is 80.1 Å². The van der Waals surface area contributed by atoms with Crippen molar-refractivity contribution < 1.29 is 19.1 Å². The SMILES string of the molecule is CCOC(=O)N1CCC(N2C(=O)c3cc(C(=O)Nc4ccc(CC)cc4)ccc3[C@@H]2Nc2ccc(CC)cc2)CC1. The predicted molar refractivity (Wildman–Crippen MR) is 160 cm³/mol. The highest BCUT2D eigenvalue weighted by atomic mass is 16.6. The van der Waals surface area contributed by atoms with Crippen LogP contribution >= 0.6 is 0 Å². The molecule has 0 saturated carbocycles. The number of hydrogen-bond donors (Lipinski definition) is 2. The van der Waals surface area contributed by atoms with Gasteiger partial charge in [0.1, 0.15) is 6.17 Å². The van der Waals surface area contributed by atoms with E-state index in [1.807, 2.05) is 47.4 Å². The van der Waals surface area contributed by atoms with Crippen molar-refractivity contribution in [3.05, 3.63) is 94.5 Å². The second-order valence-electron chi connectivity index (χ2n) is 10.5. The number of likely N-dealkylation sites (tertiary alicyclic amines) is 1. The number of piperidine rings is 1. The molecule has 0 radical (unpaired) electrons. The molecule has 2 N–H and O–H groups in total. The molecule has 3 aromatic rings. The highest BCUT2D eigenvalue weighted by Crippen LogP contribution is 2.39. The van der Waals surface area contributed by atoms with E-state index in [2.05, 4.69) is 36.6 Å². The van der Waals surface area contributed by atoms with Crippen molar-refractivity contribution in [3.63, 3.8) is 0 Å². The summed E-state index contributed by atoms with van der Waals surface area (Å²) in [6.45, 7) is 7.38. The third-order valence-corrected chi connectivity index (χ3v) is 8.02. The van der Waals surface area contributed by atoms with Crippen LogP contribution in [0.25, 0.3) is 0 Å². The molecule has 0 bridgehead atoms. The molecule has 8 nitrogen and oxygen atoms in total. The number of aryl methyl sites for hydroxylation is 2. The van der Waals surface area contributed by atoms with E-state index in [-0.39, 0.29) is 30.1 Å². The maximum absolute atomic E-state index is 14.0. The number of ether oxygens (including phenoxy) is 1. The largest absolute Gasteiger partial charge is 0.450 e. The second kappa shape index (κ2) is 12.5. The summed E-state index contributed by atoms with van der Waals surface area (Å²) in [7, 11) is 0. The Balaban J connectivity index is 1.40. The highest BCUT2D eigenvalue weighted by molar-refractivity contribution is 6.07. The number of nitrogens with zero attached hydrogens (tertiary/aromatic N) is 2. The van der Waals surface area contributed by atoms with E-state index >= 15 is 0 Å². The number of nitrogens with one attached hydrogen (secondary N) is 2. The molecular formula is C33H38N4O4. The quantitative estimate of drug-likeness (QED) is 0.343. The van der Waals surface area contributed by atoms with Crippen molar-refractivity contribution in [2.24, 2.45) is 0 Å². The van der Waals surface area contributed by atoms with Gasteiger partial charge in [0.05, 0.1) is 6.61 Å². The highest BCUT2D eigenvalue weighted by Gasteiger charge is 2.42. The summed E-state index contributed by atoms with van der Waals surface area (Å²) >= 11 is 0. The minimum atomic E-state index is -0.386. The molecule has 2 aliphatic rings. The third-order valence-electron chi connectivity index (χ3n) is 8.02.